The molecule has 0 aliphatic carbocycles. The van der Waals surface area contributed by atoms with E-state index in [1.54, 1.807) is 0 Å². The van der Waals surface area contributed by atoms with Crippen molar-refractivity contribution in [1.29, 1.82) is 0 Å². The van der Waals surface area contributed by atoms with Crippen molar-refractivity contribution in [3.05, 3.63) is 12.2 Å². The molecule has 2 aromatic rings. The van der Waals surface area contributed by atoms with Crippen molar-refractivity contribution >= 4 is 0 Å². The molecule has 80 valence electrons. The Bertz CT molecular complexity index is 408. The summed E-state index contributed by atoms with van der Waals surface area (Å²) in [5, 5.41) is 10.2. The van der Waals surface area contributed by atoms with Gasteiger partial charge in [0, 0.05) is 6.42 Å². The molecule has 0 radical (unpaired) electrons. The first-order chi connectivity index (χ1) is 7.29. The highest BCUT2D eigenvalue weighted by atomic mass is 16.5. The van der Waals surface area contributed by atoms with Crippen LogP contribution in [-0.2, 0) is 6.42 Å². The summed E-state index contributed by atoms with van der Waals surface area (Å²) < 4.78 is 5.11. The minimum Gasteiger partial charge on any atom is -0.339 e. The number of hydrogen-bond donors (Lipinski definition) is 1. The van der Waals surface area contributed by atoms with Crippen LogP contribution in [0.2, 0.25) is 0 Å². The highest BCUT2D eigenvalue weighted by molar-refractivity contribution is 5.39. The summed E-state index contributed by atoms with van der Waals surface area (Å²) in [7, 11) is 0. The zero-order valence-corrected chi connectivity index (χ0v) is 8.77. The van der Waals surface area contributed by atoms with Gasteiger partial charge < -0.3 is 4.52 Å². The first-order valence-electron chi connectivity index (χ1n) is 4.98. The molecule has 2 aromatic heterocycles. The number of rotatable bonds is 4. The Morgan fingerprint density at radius 3 is 3.07 bits per heavy atom. The Balaban J connectivity index is 2.11. The van der Waals surface area contributed by atoms with Crippen LogP contribution >= 0.6 is 0 Å². The molecule has 0 spiro atoms. The van der Waals surface area contributed by atoms with Gasteiger partial charge in [0.15, 0.2) is 5.82 Å². The summed E-state index contributed by atoms with van der Waals surface area (Å²) >= 11 is 0. The number of hydrogen-bond acceptors (Lipinski definition) is 5. The molecule has 0 aliphatic rings. The van der Waals surface area contributed by atoms with Crippen LogP contribution in [-0.4, -0.2) is 25.3 Å². The van der Waals surface area contributed by atoms with Crippen LogP contribution in [0.25, 0.3) is 11.6 Å². The molecule has 2 heterocycles. The van der Waals surface area contributed by atoms with Crippen LogP contribution in [0.5, 0.6) is 0 Å². The van der Waals surface area contributed by atoms with Crippen molar-refractivity contribution in [2.45, 2.75) is 26.7 Å². The van der Waals surface area contributed by atoms with Crippen LogP contribution < -0.4 is 0 Å². The third-order valence-electron chi connectivity index (χ3n) is 2.31. The van der Waals surface area contributed by atoms with Gasteiger partial charge in [0.25, 0.3) is 0 Å². The molecule has 0 fully saturated rings. The maximum Gasteiger partial charge on any atom is 0.239 e. The van der Waals surface area contributed by atoms with Crippen molar-refractivity contribution in [2.75, 3.05) is 0 Å². The van der Waals surface area contributed by atoms with E-state index < -0.39 is 0 Å². The minimum absolute atomic E-state index is 0.464. The second kappa shape index (κ2) is 4.20. The fourth-order valence-corrected chi connectivity index (χ4v) is 1.19. The molecule has 2 rings (SSSR count). The fourth-order valence-electron chi connectivity index (χ4n) is 1.19. The van der Waals surface area contributed by atoms with Gasteiger partial charge in [-0.05, 0) is 5.92 Å². The van der Waals surface area contributed by atoms with Gasteiger partial charge in [0.05, 0.1) is 0 Å². The molecule has 0 saturated heterocycles. The lowest BCUT2D eigenvalue weighted by Gasteiger charge is -2.01. The summed E-state index contributed by atoms with van der Waals surface area (Å²) in [6, 6.07) is 0. The Morgan fingerprint density at radius 2 is 2.40 bits per heavy atom. The largest absolute Gasteiger partial charge is 0.339 e. The normalized spacial score (nSPS) is 12.9. The van der Waals surface area contributed by atoms with Crippen LogP contribution in [0.15, 0.2) is 10.9 Å². The fraction of sp³-hybridized carbons (Fsp3) is 0.556. The second-order valence-corrected chi connectivity index (χ2v) is 3.56. The molecule has 15 heavy (non-hydrogen) atoms. The molecule has 1 atom stereocenters. The maximum atomic E-state index is 5.11. The van der Waals surface area contributed by atoms with Crippen molar-refractivity contribution < 1.29 is 4.52 Å². The molecular formula is C9H13N5O. The molecule has 0 bridgehead atoms. The average Bonchev–Trinajstić information content (AvgIpc) is 2.85. The van der Waals surface area contributed by atoms with E-state index in [0.717, 1.165) is 12.8 Å². The number of nitrogens with one attached hydrogen (secondary N) is 1. The van der Waals surface area contributed by atoms with Crippen LogP contribution in [0.4, 0.5) is 0 Å². The lowest BCUT2D eigenvalue weighted by atomic mass is 10.1. The van der Waals surface area contributed by atoms with E-state index in [4.69, 9.17) is 4.52 Å². The number of H-pyrrole nitrogens is 1. The van der Waals surface area contributed by atoms with E-state index in [1.165, 1.54) is 6.33 Å². The van der Waals surface area contributed by atoms with E-state index in [0.29, 0.717) is 23.5 Å². The van der Waals surface area contributed by atoms with Crippen molar-refractivity contribution in [3.63, 3.8) is 0 Å². The summed E-state index contributed by atoms with van der Waals surface area (Å²) in [5.74, 6) is 2.20. The predicted molar refractivity (Wildman–Crippen MR) is 52.8 cm³/mol. The molecule has 0 aliphatic heterocycles. The Morgan fingerprint density at radius 1 is 1.53 bits per heavy atom. The lowest BCUT2D eigenvalue weighted by Crippen LogP contribution is -1.97. The molecule has 0 amide bonds. The minimum atomic E-state index is 0.464. The summed E-state index contributed by atoms with van der Waals surface area (Å²) in [6.45, 7) is 4.29. The quantitative estimate of drug-likeness (QED) is 0.820. The lowest BCUT2D eigenvalue weighted by molar-refractivity contribution is 0.356. The number of nitrogens with zero attached hydrogens (tertiary/aromatic N) is 4. The van der Waals surface area contributed by atoms with Crippen molar-refractivity contribution in [1.82, 2.24) is 25.3 Å². The average molecular weight is 207 g/mol. The Kier molecular flexibility index (Phi) is 2.75. The van der Waals surface area contributed by atoms with Crippen molar-refractivity contribution in [3.8, 4) is 11.6 Å². The maximum absolute atomic E-state index is 5.11. The SMILES string of the molecule is CCC(C)Cc1nc(-c2ncn[nH]2)no1. The molecular weight excluding hydrogens is 194 g/mol. The van der Waals surface area contributed by atoms with Gasteiger partial charge in [0.1, 0.15) is 6.33 Å². The first kappa shape index (κ1) is 9.82. The van der Waals surface area contributed by atoms with Gasteiger partial charge in [-0.2, -0.15) is 10.1 Å². The van der Waals surface area contributed by atoms with Crippen LogP contribution in [0.3, 0.4) is 0 Å². The number of aromatic amines is 1. The van der Waals surface area contributed by atoms with Crippen LogP contribution in [0.1, 0.15) is 26.2 Å². The van der Waals surface area contributed by atoms with Crippen LogP contribution in [0, 0.1) is 5.92 Å². The van der Waals surface area contributed by atoms with Gasteiger partial charge in [-0.15, -0.1) is 0 Å². The van der Waals surface area contributed by atoms with E-state index in [9.17, 15) is 0 Å². The zero-order chi connectivity index (χ0) is 10.7. The molecule has 1 N–H and O–H groups in total. The smallest absolute Gasteiger partial charge is 0.239 e. The Hall–Kier alpha value is -1.72. The Labute approximate surface area is 87.1 Å². The standard InChI is InChI=1S/C9H13N5O/c1-3-6(2)4-7-12-9(14-15-7)8-10-5-11-13-8/h5-6H,3-4H2,1-2H3,(H,10,11,13). The number of aromatic nitrogens is 5. The first-order valence-corrected chi connectivity index (χ1v) is 4.98. The third kappa shape index (κ3) is 2.20. The molecule has 0 aromatic carbocycles. The van der Waals surface area contributed by atoms with Gasteiger partial charge in [-0.25, -0.2) is 4.98 Å². The van der Waals surface area contributed by atoms with Gasteiger partial charge in [-0.1, -0.05) is 25.4 Å². The third-order valence-corrected chi connectivity index (χ3v) is 2.31. The van der Waals surface area contributed by atoms with E-state index in [1.807, 2.05) is 0 Å². The molecule has 0 saturated carbocycles. The summed E-state index contributed by atoms with van der Waals surface area (Å²) in [4.78, 5) is 8.18. The van der Waals surface area contributed by atoms with Gasteiger partial charge >= 0.3 is 0 Å². The second-order valence-electron chi connectivity index (χ2n) is 3.56. The molecule has 6 heteroatoms. The van der Waals surface area contributed by atoms with Gasteiger partial charge in [-0.3, -0.25) is 5.10 Å². The van der Waals surface area contributed by atoms with E-state index >= 15 is 0 Å². The van der Waals surface area contributed by atoms with E-state index in [2.05, 4.69) is 39.2 Å². The van der Waals surface area contributed by atoms with E-state index in [-0.39, 0.29) is 0 Å². The monoisotopic (exact) mass is 207 g/mol. The molecule has 6 nitrogen and oxygen atoms in total. The topological polar surface area (TPSA) is 80.5 Å². The highest BCUT2D eigenvalue weighted by Crippen LogP contribution is 2.13. The summed E-state index contributed by atoms with van der Waals surface area (Å²) in [5.41, 5.74) is 0. The van der Waals surface area contributed by atoms with Gasteiger partial charge in [0.2, 0.25) is 11.7 Å². The highest BCUT2D eigenvalue weighted by Gasteiger charge is 2.12. The zero-order valence-electron chi connectivity index (χ0n) is 8.77. The molecule has 1 unspecified atom stereocenters. The predicted octanol–water partition coefficient (Wildman–Crippen LogP) is 1.44. The van der Waals surface area contributed by atoms with Crippen molar-refractivity contribution in [2.24, 2.45) is 5.92 Å². The summed E-state index contributed by atoms with van der Waals surface area (Å²) in [6.07, 6.45) is 3.32.